The number of benzene rings is 2. The highest BCUT2D eigenvalue weighted by Gasteiger charge is 2.25. The van der Waals surface area contributed by atoms with Gasteiger partial charge in [0.1, 0.15) is 29.1 Å². The van der Waals surface area contributed by atoms with Crippen molar-refractivity contribution in [3.63, 3.8) is 0 Å². The zero-order valence-corrected chi connectivity index (χ0v) is 23.7. The number of nitrogens with zero attached hydrogens (tertiary/aromatic N) is 2. The number of sulfonamides is 1. The minimum atomic E-state index is -4.36. The number of pyridine rings is 2. The van der Waals surface area contributed by atoms with E-state index < -0.39 is 32.9 Å². The molecule has 1 atom stereocenters. The van der Waals surface area contributed by atoms with Crippen LogP contribution in [-0.4, -0.2) is 30.9 Å². The Labute approximate surface area is 238 Å². The Morgan fingerprint density at radius 1 is 1.00 bits per heavy atom. The van der Waals surface area contributed by atoms with Crippen molar-refractivity contribution in [2.45, 2.75) is 38.3 Å². The smallest absolute Gasteiger partial charge is 0.281 e. The van der Waals surface area contributed by atoms with Gasteiger partial charge in [0.15, 0.2) is 5.03 Å². The second-order valence-electron chi connectivity index (χ2n) is 9.69. The first-order valence-corrected chi connectivity index (χ1v) is 14.5. The van der Waals surface area contributed by atoms with E-state index in [2.05, 4.69) is 9.97 Å². The molecule has 3 N–H and O–H groups in total. The Balaban J connectivity index is 1.74. The van der Waals surface area contributed by atoms with Crippen LogP contribution >= 0.6 is 0 Å². The summed E-state index contributed by atoms with van der Waals surface area (Å²) >= 11 is 0. The Morgan fingerprint density at radius 2 is 1.76 bits per heavy atom. The second-order valence-corrected chi connectivity index (χ2v) is 11.3. The molecule has 0 radical (unpaired) electrons. The van der Waals surface area contributed by atoms with E-state index in [1.54, 1.807) is 6.07 Å². The highest BCUT2D eigenvalue weighted by atomic mass is 32.2. The molecule has 2 heterocycles. The first-order chi connectivity index (χ1) is 19.6. The van der Waals surface area contributed by atoms with Crippen LogP contribution in [-0.2, 0) is 10.0 Å². The summed E-state index contributed by atoms with van der Waals surface area (Å²) in [5.74, 6) is -1.08. The molecule has 0 saturated heterocycles. The van der Waals surface area contributed by atoms with E-state index in [9.17, 15) is 17.6 Å². The summed E-state index contributed by atoms with van der Waals surface area (Å²) in [6.45, 7) is 6.27. The molecule has 2 aromatic heterocycles. The molecule has 11 heteroatoms. The number of hydrogen-bond donors (Lipinski definition) is 2. The third-order valence-corrected chi connectivity index (χ3v) is 7.13. The third-order valence-electron chi connectivity index (χ3n) is 5.90. The number of aromatic nitrogens is 2. The van der Waals surface area contributed by atoms with Crippen LogP contribution in [0.3, 0.4) is 0 Å². The van der Waals surface area contributed by atoms with E-state index in [0.29, 0.717) is 30.0 Å². The standard InChI is InChI=1S/C30H31FN4O5S/c1-4-26(20-9-6-5-7-10-20)40-30-24(29(36)35-41(37,38)28-12-8-11-27(32)34-28)13-14-25(33-30)21-15-22(31)17-23(16-21)39-18-19(2)3/h5-17,19,26H,4,18H2,1-3H3,(H2,32,34)(H,35,36). The van der Waals surface area contributed by atoms with E-state index in [4.69, 9.17) is 15.2 Å². The first kappa shape index (κ1) is 29.5. The van der Waals surface area contributed by atoms with Crippen molar-refractivity contribution in [3.05, 3.63) is 95.8 Å². The first-order valence-electron chi connectivity index (χ1n) is 13.0. The summed E-state index contributed by atoms with van der Waals surface area (Å²) in [6, 6.07) is 20.5. The predicted octanol–water partition coefficient (Wildman–Crippen LogP) is 5.55. The van der Waals surface area contributed by atoms with Gasteiger partial charge in [-0.15, -0.1) is 0 Å². The van der Waals surface area contributed by atoms with Crippen molar-refractivity contribution in [1.29, 1.82) is 0 Å². The average Bonchev–Trinajstić information content (AvgIpc) is 2.94. The molecule has 0 saturated carbocycles. The van der Waals surface area contributed by atoms with Gasteiger partial charge in [-0.05, 0) is 54.3 Å². The quantitative estimate of drug-likeness (QED) is 0.237. The van der Waals surface area contributed by atoms with Gasteiger partial charge in [-0.2, -0.15) is 8.42 Å². The molecule has 0 aliphatic heterocycles. The summed E-state index contributed by atoms with van der Waals surface area (Å²) in [7, 11) is -4.36. The lowest BCUT2D eigenvalue weighted by Gasteiger charge is -2.20. The number of nitrogens with one attached hydrogen (secondary N) is 1. The van der Waals surface area contributed by atoms with E-state index >= 15 is 0 Å². The van der Waals surface area contributed by atoms with Crippen LogP contribution in [0.2, 0.25) is 0 Å². The van der Waals surface area contributed by atoms with Crippen molar-refractivity contribution in [2.75, 3.05) is 12.3 Å². The molecule has 41 heavy (non-hydrogen) atoms. The predicted molar refractivity (Wildman–Crippen MR) is 153 cm³/mol. The molecular weight excluding hydrogens is 547 g/mol. The number of nitrogens with two attached hydrogens (primary N) is 1. The zero-order valence-electron chi connectivity index (χ0n) is 22.9. The van der Waals surface area contributed by atoms with E-state index in [-0.39, 0.29) is 23.2 Å². The van der Waals surface area contributed by atoms with Crippen molar-refractivity contribution < 1.29 is 27.1 Å². The van der Waals surface area contributed by atoms with Crippen molar-refractivity contribution in [3.8, 4) is 22.9 Å². The van der Waals surface area contributed by atoms with Crippen molar-refractivity contribution in [2.24, 2.45) is 5.92 Å². The molecule has 4 rings (SSSR count). The van der Waals surface area contributed by atoms with Gasteiger partial charge in [-0.3, -0.25) is 4.79 Å². The van der Waals surface area contributed by atoms with Crippen LogP contribution in [0.15, 0.2) is 83.9 Å². The van der Waals surface area contributed by atoms with Gasteiger partial charge in [-0.1, -0.05) is 57.2 Å². The maximum Gasteiger partial charge on any atom is 0.281 e. The molecule has 0 spiro atoms. The van der Waals surface area contributed by atoms with Gasteiger partial charge in [0.05, 0.1) is 12.3 Å². The largest absolute Gasteiger partial charge is 0.493 e. The monoisotopic (exact) mass is 578 g/mol. The van der Waals surface area contributed by atoms with E-state index in [1.165, 1.54) is 42.5 Å². The molecule has 0 aliphatic carbocycles. The van der Waals surface area contributed by atoms with Crippen LogP contribution in [0.25, 0.3) is 11.3 Å². The Kier molecular flexibility index (Phi) is 9.18. The molecule has 1 unspecified atom stereocenters. The maximum absolute atomic E-state index is 14.5. The Hall–Kier alpha value is -4.51. The number of nitrogen functional groups attached to an aromatic ring is 1. The summed E-state index contributed by atoms with van der Waals surface area (Å²) in [6.07, 6.45) is 0.0190. The number of carbonyl (C=O) groups is 1. The zero-order chi connectivity index (χ0) is 29.6. The number of halogens is 1. The average molecular weight is 579 g/mol. The lowest BCUT2D eigenvalue weighted by Crippen LogP contribution is -2.32. The minimum Gasteiger partial charge on any atom is -0.493 e. The van der Waals surface area contributed by atoms with Crippen LogP contribution in [0.1, 0.15) is 49.2 Å². The van der Waals surface area contributed by atoms with Crippen LogP contribution < -0.4 is 19.9 Å². The number of amides is 1. The van der Waals surface area contributed by atoms with Crippen LogP contribution in [0, 0.1) is 11.7 Å². The lowest BCUT2D eigenvalue weighted by molar-refractivity contribution is 0.0971. The summed E-state index contributed by atoms with van der Waals surface area (Å²) in [5, 5.41) is -0.415. The normalized spacial score (nSPS) is 12.1. The van der Waals surface area contributed by atoms with Crippen LogP contribution in [0.5, 0.6) is 11.6 Å². The number of hydrogen-bond acceptors (Lipinski definition) is 8. The fourth-order valence-electron chi connectivity index (χ4n) is 3.92. The number of ether oxygens (including phenoxy) is 2. The molecule has 214 valence electrons. The van der Waals surface area contributed by atoms with E-state index in [1.807, 2.05) is 55.8 Å². The highest BCUT2D eigenvalue weighted by Crippen LogP contribution is 2.31. The Morgan fingerprint density at radius 3 is 2.44 bits per heavy atom. The topological polar surface area (TPSA) is 134 Å². The maximum atomic E-state index is 14.5. The fourth-order valence-corrected chi connectivity index (χ4v) is 4.86. The van der Waals surface area contributed by atoms with Gasteiger partial charge in [0.2, 0.25) is 5.88 Å². The van der Waals surface area contributed by atoms with Gasteiger partial charge in [0.25, 0.3) is 15.9 Å². The van der Waals surface area contributed by atoms with Gasteiger partial charge in [0, 0.05) is 11.6 Å². The van der Waals surface area contributed by atoms with Crippen molar-refractivity contribution in [1.82, 2.24) is 14.7 Å². The van der Waals surface area contributed by atoms with Gasteiger partial charge >= 0.3 is 0 Å². The molecular formula is C30H31FN4O5S. The number of carbonyl (C=O) groups excluding carboxylic acids is 1. The van der Waals surface area contributed by atoms with Gasteiger partial charge < -0.3 is 15.2 Å². The number of rotatable bonds is 11. The lowest BCUT2D eigenvalue weighted by atomic mass is 10.1. The number of anilines is 1. The summed E-state index contributed by atoms with van der Waals surface area (Å²) in [4.78, 5) is 21.6. The summed E-state index contributed by atoms with van der Waals surface area (Å²) in [5.41, 5.74) is 7.01. The minimum absolute atomic E-state index is 0.0177. The molecule has 9 nitrogen and oxygen atoms in total. The SMILES string of the molecule is CCC(Oc1nc(-c2cc(F)cc(OCC(C)C)c2)ccc1C(=O)NS(=O)(=O)c1cccc(N)n1)c1ccccc1. The van der Waals surface area contributed by atoms with E-state index in [0.717, 1.165) is 5.56 Å². The second kappa shape index (κ2) is 12.8. The molecule has 0 fully saturated rings. The Bertz CT molecular complexity index is 1630. The molecule has 0 bridgehead atoms. The molecule has 0 aliphatic rings. The molecule has 2 aromatic carbocycles. The fraction of sp³-hybridized carbons (Fsp3) is 0.233. The van der Waals surface area contributed by atoms with Gasteiger partial charge in [-0.25, -0.2) is 19.1 Å². The third kappa shape index (κ3) is 7.57. The van der Waals surface area contributed by atoms with Crippen LogP contribution in [0.4, 0.5) is 10.2 Å². The highest BCUT2D eigenvalue weighted by molar-refractivity contribution is 7.90. The van der Waals surface area contributed by atoms with Crippen molar-refractivity contribution >= 4 is 21.7 Å². The summed E-state index contributed by atoms with van der Waals surface area (Å²) < 4.78 is 54.2. The molecule has 1 amide bonds. The molecule has 4 aromatic rings.